The molecule has 0 saturated heterocycles. The van der Waals surface area contributed by atoms with E-state index in [0.29, 0.717) is 19.4 Å². The minimum Gasteiger partial charge on any atom is -0.385 e. The zero-order chi connectivity index (χ0) is 10.2. The van der Waals surface area contributed by atoms with Gasteiger partial charge in [-0.25, -0.2) is 0 Å². The van der Waals surface area contributed by atoms with Crippen molar-refractivity contribution >= 4 is 0 Å². The summed E-state index contributed by atoms with van der Waals surface area (Å²) in [5.74, 6) is 3.32. The van der Waals surface area contributed by atoms with Crippen LogP contribution < -0.4 is 0 Å². The van der Waals surface area contributed by atoms with Gasteiger partial charge in [0.05, 0.1) is 0 Å². The number of ether oxygens (including phenoxy) is 1. The van der Waals surface area contributed by atoms with Crippen LogP contribution in [-0.2, 0) is 4.74 Å². The average molecular weight is 194 g/mol. The van der Waals surface area contributed by atoms with Crippen molar-refractivity contribution in [2.24, 2.45) is 0 Å². The molecule has 0 bridgehead atoms. The van der Waals surface area contributed by atoms with Gasteiger partial charge >= 0.3 is 6.18 Å². The summed E-state index contributed by atoms with van der Waals surface area (Å²) in [6, 6.07) is 0. The van der Waals surface area contributed by atoms with Gasteiger partial charge in [0, 0.05) is 26.1 Å². The summed E-state index contributed by atoms with van der Waals surface area (Å²) in [5, 5.41) is 0. The quantitative estimate of drug-likeness (QED) is 0.483. The van der Waals surface area contributed by atoms with Gasteiger partial charge in [-0.05, 0) is 12.8 Å². The third kappa shape index (κ3) is 11.3. The Balaban J connectivity index is 3.28. The van der Waals surface area contributed by atoms with Gasteiger partial charge in [-0.1, -0.05) is 12.3 Å². The maximum Gasteiger partial charge on any atom is 0.457 e. The van der Waals surface area contributed by atoms with Crippen molar-refractivity contribution in [2.75, 3.05) is 13.7 Å². The lowest BCUT2D eigenvalue weighted by Crippen LogP contribution is -2.01. The molecule has 0 N–H and O–H groups in total. The Kier molecular flexibility index (Phi) is 6.43. The predicted molar refractivity (Wildman–Crippen MR) is 44.2 cm³/mol. The van der Waals surface area contributed by atoms with E-state index in [0.717, 1.165) is 12.8 Å². The van der Waals surface area contributed by atoms with E-state index in [2.05, 4.69) is 5.92 Å². The fraction of sp³-hybridized carbons (Fsp3) is 0.778. The number of rotatable bonds is 5. The lowest BCUT2D eigenvalue weighted by atomic mass is 10.2. The summed E-state index contributed by atoms with van der Waals surface area (Å²) in [6.45, 7) is 0.659. The lowest BCUT2D eigenvalue weighted by molar-refractivity contribution is -0.0697. The molecule has 0 spiro atoms. The zero-order valence-electron chi connectivity index (χ0n) is 7.58. The largest absolute Gasteiger partial charge is 0.457 e. The summed E-state index contributed by atoms with van der Waals surface area (Å²) < 4.78 is 39.3. The van der Waals surface area contributed by atoms with Crippen LogP contribution in [0, 0.1) is 11.8 Å². The molecule has 76 valence electrons. The Labute approximate surface area is 76.3 Å². The molecule has 0 aliphatic heterocycles. The second-order valence-electron chi connectivity index (χ2n) is 2.60. The molecule has 0 radical (unpaired) electrons. The van der Waals surface area contributed by atoms with E-state index >= 15 is 0 Å². The van der Waals surface area contributed by atoms with Gasteiger partial charge in [0.2, 0.25) is 0 Å². The summed E-state index contributed by atoms with van der Waals surface area (Å²) in [7, 11) is 1.60. The Morgan fingerprint density at radius 1 is 1.15 bits per heavy atom. The molecule has 0 heterocycles. The summed E-state index contributed by atoms with van der Waals surface area (Å²) in [6.07, 6.45) is -1.59. The first-order chi connectivity index (χ1) is 6.06. The fourth-order valence-electron chi connectivity index (χ4n) is 0.799. The Morgan fingerprint density at radius 3 is 2.38 bits per heavy atom. The van der Waals surface area contributed by atoms with E-state index in [1.54, 1.807) is 7.11 Å². The molecule has 0 saturated carbocycles. The molecule has 1 nitrogen and oxygen atoms in total. The number of hydrogen-bond acceptors (Lipinski definition) is 1. The standard InChI is InChI=1S/C9H13F3O/c1-13-8-6-4-2-3-5-7-9(10,11)12/h2-4,6,8H2,1H3. The monoisotopic (exact) mass is 194 g/mol. The third-order valence-corrected chi connectivity index (χ3v) is 1.38. The Hall–Kier alpha value is -0.690. The molecule has 0 amide bonds. The van der Waals surface area contributed by atoms with Crippen molar-refractivity contribution in [2.45, 2.75) is 31.9 Å². The number of halogens is 3. The highest BCUT2D eigenvalue weighted by molar-refractivity contribution is 5.04. The molecular weight excluding hydrogens is 181 g/mol. The first-order valence-corrected chi connectivity index (χ1v) is 4.12. The van der Waals surface area contributed by atoms with Gasteiger partial charge in [-0.3, -0.25) is 0 Å². The molecule has 0 aromatic heterocycles. The molecule has 0 aromatic rings. The highest BCUT2D eigenvalue weighted by Crippen LogP contribution is 2.12. The highest BCUT2D eigenvalue weighted by Gasteiger charge is 2.22. The van der Waals surface area contributed by atoms with Crippen LogP contribution in [0.4, 0.5) is 13.2 Å². The first-order valence-electron chi connectivity index (χ1n) is 4.12. The third-order valence-electron chi connectivity index (χ3n) is 1.38. The van der Waals surface area contributed by atoms with Gasteiger partial charge in [0.15, 0.2) is 0 Å². The van der Waals surface area contributed by atoms with Crippen LogP contribution in [-0.4, -0.2) is 19.9 Å². The minimum atomic E-state index is -4.34. The first kappa shape index (κ1) is 12.3. The van der Waals surface area contributed by atoms with Gasteiger partial charge in [-0.15, -0.1) is 0 Å². The van der Waals surface area contributed by atoms with Crippen LogP contribution in [0.5, 0.6) is 0 Å². The molecule has 4 heteroatoms. The molecule has 0 atom stereocenters. The number of methoxy groups -OCH3 is 1. The number of unbranched alkanes of at least 4 members (excludes halogenated alkanes) is 3. The molecule has 0 unspecified atom stereocenters. The van der Waals surface area contributed by atoms with Crippen molar-refractivity contribution in [3.63, 3.8) is 0 Å². The topological polar surface area (TPSA) is 9.23 Å². The molecule has 0 rings (SSSR count). The smallest absolute Gasteiger partial charge is 0.385 e. The minimum absolute atomic E-state index is 0.309. The second kappa shape index (κ2) is 6.79. The van der Waals surface area contributed by atoms with Gasteiger partial charge in [0.1, 0.15) is 0 Å². The van der Waals surface area contributed by atoms with Gasteiger partial charge in [-0.2, -0.15) is 13.2 Å². The van der Waals surface area contributed by atoms with Gasteiger partial charge < -0.3 is 4.74 Å². The molecular formula is C9H13F3O. The van der Waals surface area contributed by atoms with E-state index in [4.69, 9.17) is 4.74 Å². The van der Waals surface area contributed by atoms with Gasteiger partial charge in [0.25, 0.3) is 0 Å². The maximum absolute atomic E-state index is 11.5. The fourth-order valence-corrected chi connectivity index (χ4v) is 0.799. The summed E-state index contributed by atoms with van der Waals surface area (Å²) in [4.78, 5) is 0. The normalized spacial score (nSPS) is 10.8. The number of alkyl halides is 3. The van der Waals surface area contributed by atoms with Crippen LogP contribution in [0.2, 0.25) is 0 Å². The van der Waals surface area contributed by atoms with Crippen LogP contribution in [0.3, 0.4) is 0 Å². The molecule has 0 aromatic carbocycles. The molecule has 13 heavy (non-hydrogen) atoms. The lowest BCUT2D eigenvalue weighted by Gasteiger charge is -1.96. The molecule has 0 aliphatic rings. The van der Waals surface area contributed by atoms with Crippen LogP contribution >= 0.6 is 0 Å². The van der Waals surface area contributed by atoms with E-state index < -0.39 is 6.18 Å². The SMILES string of the molecule is COCCCCCC#CC(F)(F)F. The van der Waals surface area contributed by atoms with Crippen molar-refractivity contribution in [1.82, 2.24) is 0 Å². The summed E-state index contributed by atoms with van der Waals surface area (Å²) in [5.41, 5.74) is 0. The van der Waals surface area contributed by atoms with Crippen LogP contribution in [0.1, 0.15) is 25.7 Å². The second-order valence-corrected chi connectivity index (χ2v) is 2.60. The van der Waals surface area contributed by atoms with Crippen molar-refractivity contribution < 1.29 is 17.9 Å². The Bertz CT molecular complexity index is 176. The average Bonchev–Trinajstić information content (AvgIpc) is 2.01. The van der Waals surface area contributed by atoms with E-state index in [1.165, 1.54) is 5.92 Å². The van der Waals surface area contributed by atoms with E-state index in [-0.39, 0.29) is 0 Å². The van der Waals surface area contributed by atoms with Crippen molar-refractivity contribution in [1.29, 1.82) is 0 Å². The van der Waals surface area contributed by atoms with Crippen molar-refractivity contribution in [3.05, 3.63) is 0 Å². The van der Waals surface area contributed by atoms with Crippen LogP contribution in [0.15, 0.2) is 0 Å². The predicted octanol–water partition coefficient (Wildman–Crippen LogP) is 2.76. The zero-order valence-corrected chi connectivity index (χ0v) is 7.58. The Morgan fingerprint density at radius 2 is 1.85 bits per heavy atom. The number of hydrogen-bond donors (Lipinski definition) is 0. The molecule has 0 aliphatic carbocycles. The molecule has 0 fully saturated rings. The van der Waals surface area contributed by atoms with E-state index in [1.807, 2.05) is 0 Å². The highest BCUT2D eigenvalue weighted by atomic mass is 19.4. The van der Waals surface area contributed by atoms with Crippen LogP contribution in [0.25, 0.3) is 0 Å². The maximum atomic E-state index is 11.5. The summed E-state index contributed by atoms with van der Waals surface area (Å²) >= 11 is 0. The van der Waals surface area contributed by atoms with E-state index in [9.17, 15) is 13.2 Å². The van der Waals surface area contributed by atoms with Crippen molar-refractivity contribution in [3.8, 4) is 11.8 Å².